The number of carbonyl (C=O) groups excluding carboxylic acids is 1. The average Bonchev–Trinajstić information content (AvgIpc) is 2.43. The Balaban J connectivity index is 2.34. The molecule has 3 nitrogen and oxygen atoms in total. The first-order chi connectivity index (χ1) is 9.99. The van der Waals surface area contributed by atoms with Crippen LogP contribution >= 0.6 is 23.2 Å². The molecule has 1 aromatic rings. The normalized spacial score (nSPS) is 11.7. The Morgan fingerprint density at radius 3 is 2.67 bits per heavy atom. The van der Waals surface area contributed by atoms with E-state index in [0.717, 1.165) is 18.5 Å². The molecule has 0 atom stereocenters. The second-order valence-corrected chi connectivity index (χ2v) is 5.65. The van der Waals surface area contributed by atoms with Crippen molar-refractivity contribution in [3.05, 3.63) is 52.0 Å². The highest BCUT2D eigenvalue weighted by molar-refractivity contribution is 6.42. The van der Waals surface area contributed by atoms with Gasteiger partial charge in [0.15, 0.2) is 0 Å². The zero-order valence-corrected chi connectivity index (χ0v) is 13.8. The molecule has 114 valence electrons. The van der Waals surface area contributed by atoms with E-state index in [2.05, 4.69) is 10.2 Å². The summed E-state index contributed by atoms with van der Waals surface area (Å²) in [5.74, 6) is -0.0902. The number of halogens is 2. The summed E-state index contributed by atoms with van der Waals surface area (Å²) in [4.78, 5) is 13.6. The van der Waals surface area contributed by atoms with Crippen molar-refractivity contribution in [2.24, 2.45) is 0 Å². The molecule has 0 fully saturated rings. The van der Waals surface area contributed by atoms with Crippen LogP contribution in [0, 0.1) is 0 Å². The summed E-state index contributed by atoms with van der Waals surface area (Å²) in [5.41, 5.74) is 0.931. The Hall–Kier alpha value is -1.29. The molecule has 0 aliphatic rings. The Bertz CT molecular complexity index is 525. The molecule has 0 bridgehead atoms. The van der Waals surface area contributed by atoms with Crippen LogP contribution in [0.3, 0.4) is 0 Å². The molecular formula is C16H20Cl2N2O. The summed E-state index contributed by atoms with van der Waals surface area (Å²) in [6.45, 7) is 1.64. The predicted octanol–water partition coefficient (Wildman–Crippen LogP) is 3.63. The zero-order valence-electron chi connectivity index (χ0n) is 12.3. The van der Waals surface area contributed by atoms with Gasteiger partial charge in [-0.1, -0.05) is 47.5 Å². The van der Waals surface area contributed by atoms with Gasteiger partial charge in [-0.2, -0.15) is 0 Å². The van der Waals surface area contributed by atoms with Gasteiger partial charge in [0.25, 0.3) is 0 Å². The highest BCUT2D eigenvalue weighted by atomic mass is 35.5. The Labute approximate surface area is 136 Å². The lowest BCUT2D eigenvalue weighted by Crippen LogP contribution is -2.25. The third-order valence-electron chi connectivity index (χ3n) is 2.67. The van der Waals surface area contributed by atoms with E-state index in [1.54, 1.807) is 24.3 Å². The van der Waals surface area contributed by atoms with Crippen LogP contribution in [-0.2, 0) is 4.79 Å². The minimum Gasteiger partial charge on any atom is -0.353 e. The summed E-state index contributed by atoms with van der Waals surface area (Å²) in [5, 5.41) is 3.87. The summed E-state index contributed by atoms with van der Waals surface area (Å²) >= 11 is 11.8. The molecule has 0 radical (unpaired) electrons. The number of amides is 1. The smallest absolute Gasteiger partial charge is 0.243 e. The molecule has 0 aliphatic heterocycles. The highest BCUT2D eigenvalue weighted by Crippen LogP contribution is 2.23. The van der Waals surface area contributed by atoms with E-state index in [0.29, 0.717) is 16.6 Å². The number of allylic oxidation sites excluding steroid dienone is 2. The van der Waals surface area contributed by atoms with Crippen molar-refractivity contribution in [2.75, 3.05) is 27.2 Å². The maximum absolute atomic E-state index is 11.5. The SMILES string of the molecule is CN(C)CCCNC(=O)C=CC=Cc1ccc(Cl)c(Cl)c1. The van der Waals surface area contributed by atoms with E-state index in [4.69, 9.17) is 23.2 Å². The molecule has 0 heterocycles. The molecule has 0 spiro atoms. The molecule has 5 heteroatoms. The zero-order chi connectivity index (χ0) is 15.7. The van der Waals surface area contributed by atoms with Crippen molar-refractivity contribution >= 4 is 35.2 Å². The lowest BCUT2D eigenvalue weighted by atomic mass is 10.2. The van der Waals surface area contributed by atoms with Crippen molar-refractivity contribution in [2.45, 2.75) is 6.42 Å². The molecule has 0 unspecified atom stereocenters. The average molecular weight is 327 g/mol. The van der Waals surface area contributed by atoms with Gasteiger partial charge in [0.2, 0.25) is 5.91 Å². The third kappa shape index (κ3) is 7.90. The Kier molecular flexibility index (Phi) is 8.13. The number of nitrogens with zero attached hydrogens (tertiary/aromatic N) is 1. The van der Waals surface area contributed by atoms with Crippen molar-refractivity contribution in [3.8, 4) is 0 Å². The molecule has 1 amide bonds. The van der Waals surface area contributed by atoms with E-state index in [1.165, 1.54) is 6.08 Å². The van der Waals surface area contributed by atoms with E-state index in [9.17, 15) is 4.79 Å². The molecular weight excluding hydrogens is 307 g/mol. The quantitative estimate of drug-likeness (QED) is 0.471. The van der Waals surface area contributed by atoms with Gasteiger partial charge in [0.1, 0.15) is 0 Å². The van der Waals surface area contributed by atoms with Crippen LogP contribution < -0.4 is 5.32 Å². The summed E-state index contributed by atoms with van der Waals surface area (Å²) < 4.78 is 0. The van der Waals surface area contributed by atoms with Crippen LogP contribution in [0.15, 0.2) is 36.4 Å². The van der Waals surface area contributed by atoms with Gasteiger partial charge < -0.3 is 10.2 Å². The number of hydrogen-bond acceptors (Lipinski definition) is 2. The molecule has 0 aliphatic carbocycles. The molecule has 0 saturated heterocycles. The summed E-state index contributed by atoms with van der Waals surface area (Å²) in [6, 6.07) is 5.38. The molecule has 21 heavy (non-hydrogen) atoms. The fraction of sp³-hybridized carbons (Fsp3) is 0.312. The lowest BCUT2D eigenvalue weighted by molar-refractivity contribution is -0.116. The maximum atomic E-state index is 11.5. The monoisotopic (exact) mass is 326 g/mol. The first-order valence-corrected chi connectivity index (χ1v) is 7.47. The molecule has 1 N–H and O–H groups in total. The van der Waals surface area contributed by atoms with Gasteiger partial charge in [0.05, 0.1) is 10.0 Å². The van der Waals surface area contributed by atoms with Crippen molar-refractivity contribution in [1.29, 1.82) is 0 Å². The number of nitrogens with one attached hydrogen (secondary N) is 1. The number of benzene rings is 1. The standard InChI is InChI=1S/C16H20Cl2N2O/c1-20(2)11-5-10-19-16(21)7-4-3-6-13-8-9-14(17)15(18)12-13/h3-4,6-9,12H,5,10-11H2,1-2H3,(H,19,21). The van der Waals surface area contributed by atoms with Crippen LogP contribution in [0.4, 0.5) is 0 Å². The van der Waals surface area contributed by atoms with Crippen molar-refractivity contribution in [1.82, 2.24) is 10.2 Å². The second kappa shape index (κ2) is 9.61. The summed E-state index contributed by atoms with van der Waals surface area (Å²) in [6.07, 6.45) is 7.79. The van der Waals surface area contributed by atoms with Crippen LogP contribution in [0.25, 0.3) is 6.08 Å². The van der Waals surface area contributed by atoms with Crippen molar-refractivity contribution < 1.29 is 4.79 Å². The van der Waals surface area contributed by atoms with E-state index < -0.39 is 0 Å². The van der Waals surface area contributed by atoms with Gasteiger partial charge in [-0.05, 0) is 44.8 Å². The molecule has 1 aromatic carbocycles. The minimum absolute atomic E-state index is 0.0902. The second-order valence-electron chi connectivity index (χ2n) is 4.84. The maximum Gasteiger partial charge on any atom is 0.243 e. The fourth-order valence-electron chi connectivity index (χ4n) is 1.59. The number of rotatable bonds is 7. The predicted molar refractivity (Wildman–Crippen MR) is 90.8 cm³/mol. The van der Waals surface area contributed by atoms with Crippen LogP contribution in [0.1, 0.15) is 12.0 Å². The van der Waals surface area contributed by atoms with Gasteiger partial charge in [-0.3, -0.25) is 4.79 Å². The van der Waals surface area contributed by atoms with Gasteiger partial charge in [-0.25, -0.2) is 0 Å². The molecule has 1 rings (SSSR count). The molecule has 0 saturated carbocycles. The van der Waals surface area contributed by atoms with Crippen molar-refractivity contribution in [3.63, 3.8) is 0 Å². The minimum atomic E-state index is -0.0902. The topological polar surface area (TPSA) is 32.3 Å². The lowest BCUT2D eigenvalue weighted by Gasteiger charge is -2.08. The van der Waals surface area contributed by atoms with E-state index >= 15 is 0 Å². The molecule has 0 aromatic heterocycles. The Morgan fingerprint density at radius 2 is 2.00 bits per heavy atom. The Morgan fingerprint density at radius 1 is 1.24 bits per heavy atom. The van der Waals surface area contributed by atoms with Crippen LogP contribution in [0.2, 0.25) is 10.0 Å². The highest BCUT2D eigenvalue weighted by Gasteiger charge is 1.96. The number of hydrogen-bond donors (Lipinski definition) is 1. The van der Waals surface area contributed by atoms with Gasteiger partial charge >= 0.3 is 0 Å². The van der Waals surface area contributed by atoms with E-state index in [1.807, 2.05) is 26.2 Å². The largest absolute Gasteiger partial charge is 0.353 e. The van der Waals surface area contributed by atoms with Crippen LogP contribution in [0.5, 0.6) is 0 Å². The third-order valence-corrected chi connectivity index (χ3v) is 3.41. The first kappa shape index (κ1) is 17.8. The van der Waals surface area contributed by atoms with Gasteiger partial charge in [0, 0.05) is 12.6 Å². The van der Waals surface area contributed by atoms with E-state index in [-0.39, 0.29) is 5.91 Å². The number of carbonyl (C=O) groups is 1. The van der Waals surface area contributed by atoms with Gasteiger partial charge in [-0.15, -0.1) is 0 Å². The summed E-state index contributed by atoms with van der Waals surface area (Å²) in [7, 11) is 4.02. The van der Waals surface area contributed by atoms with Crippen LogP contribution in [-0.4, -0.2) is 38.0 Å². The fourth-order valence-corrected chi connectivity index (χ4v) is 1.90. The first-order valence-electron chi connectivity index (χ1n) is 6.71.